The summed E-state index contributed by atoms with van der Waals surface area (Å²) in [5.74, 6) is 1.52. The normalized spacial score (nSPS) is 16.6. The number of nitrogens with one attached hydrogen (secondary N) is 2. The van der Waals surface area contributed by atoms with Crippen LogP contribution in [0.15, 0.2) is 23.2 Å². The SMILES string of the molecule is CCNC(=NCc1ccc(O)c(F)c1)NC1CCc2nc(C)nn2C1.I. The number of guanidine groups is 1. The topological polar surface area (TPSA) is 87.4 Å². The van der Waals surface area contributed by atoms with E-state index in [0.29, 0.717) is 18.1 Å². The average Bonchev–Trinajstić information content (AvgIpc) is 2.95. The first-order chi connectivity index (χ1) is 12.0. The van der Waals surface area contributed by atoms with Crippen molar-refractivity contribution in [1.29, 1.82) is 0 Å². The van der Waals surface area contributed by atoms with Crippen molar-refractivity contribution in [2.45, 2.75) is 45.8 Å². The quantitative estimate of drug-likeness (QED) is 0.359. The summed E-state index contributed by atoms with van der Waals surface area (Å²) in [6, 6.07) is 4.52. The third-order valence-electron chi connectivity index (χ3n) is 4.08. The summed E-state index contributed by atoms with van der Waals surface area (Å²) in [5, 5.41) is 20.3. The standard InChI is InChI=1S/C17H23FN6O.HI/c1-3-19-17(20-9-12-4-6-15(25)14(18)8-12)22-13-5-7-16-21-11(2)23-24(16)10-13;/h4,6,8,13,25H,3,5,7,9-10H2,1-2H3,(H2,19,20,22);1H. The van der Waals surface area contributed by atoms with E-state index in [2.05, 4.69) is 25.7 Å². The summed E-state index contributed by atoms with van der Waals surface area (Å²) in [6.45, 7) is 5.70. The molecule has 1 aliphatic rings. The molecule has 0 fully saturated rings. The highest BCUT2D eigenvalue weighted by Gasteiger charge is 2.21. The molecule has 142 valence electrons. The second-order valence-electron chi connectivity index (χ2n) is 6.12. The zero-order valence-corrected chi connectivity index (χ0v) is 17.2. The maximum absolute atomic E-state index is 13.4. The fourth-order valence-electron chi connectivity index (χ4n) is 2.88. The van der Waals surface area contributed by atoms with Crippen LogP contribution in [-0.2, 0) is 19.5 Å². The molecule has 0 saturated carbocycles. The highest BCUT2D eigenvalue weighted by atomic mass is 127. The van der Waals surface area contributed by atoms with Crippen LogP contribution in [0.5, 0.6) is 5.75 Å². The second-order valence-corrected chi connectivity index (χ2v) is 6.12. The lowest BCUT2D eigenvalue weighted by molar-refractivity contribution is 0.392. The lowest BCUT2D eigenvalue weighted by Crippen LogP contribution is -2.47. The Kier molecular flexibility index (Phi) is 7.18. The van der Waals surface area contributed by atoms with E-state index in [1.165, 1.54) is 12.1 Å². The number of phenols is 1. The Labute approximate surface area is 169 Å². The van der Waals surface area contributed by atoms with Gasteiger partial charge in [0.05, 0.1) is 13.1 Å². The molecular weight excluding hydrogens is 450 g/mol. The van der Waals surface area contributed by atoms with Crippen molar-refractivity contribution in [3.05, 3.63) is 41.2 Å². The minimum atomic E-state index is -0.632. The van der Waals surface area contributed by atoms with E-state index in [4.69, 9.17) is 0 Å². The Morgan fingerprint density at radius 2 is 2.27 bits per heavy atom. The first-order valence-corrected chi connectivity index (χ1v) is 8.47. The monoisotopic (exact) mass is 474 g/mol. The van der Waals surface area contributed by atoms with Crippen LogP contribution in [0.25, 0.3) is 0 Å². The Morgan fingerprint density at radius 3 is 3.00 bits per heavy atom. The number of aromatic nitrogens is 3. The zero-order chi connectivity index (χ0) is 17.8. The Hall–Kier alpha value is -1.91. The van der Waals surface area contributed by atoms with Crippen molar-refractivity contribution >= 4 is 29.9 Å². The summed E-state index contributed by atoms with van der Waals surface area (Å²) < 4.78 is 15.4. The van der Waals surface area contributed by atoms with Crippen LogP contribution < -0.4 is 10.6 Å². The van der Waals surface area contributed by atoms with Crippen LogP contribution >= 0.6 is 24.0 Å². The van der Waals surface area contributed by atoms with Gasteiger partial charge in [0.25, 0.3) is 0 Å². The van der Waals surface area contributed by atoms with Crippen molar-refractivity contribution in [1.82, 2.24) is 25.4 Å². The van der Waals surface area contributed by atoms with Gasteiger partial charge in [0, 0.05) is 19.0 Å². The fraction of sp³-hybridized carbons (Fsp3) is 0.471. The van der Waals surface area contributed by atoms with Gasteiger partial charge in [-0.2, -0.15) is 5.10 Å². The van der Waals surface area contributed by atoms with E-state index in [-0.39, 0.29) is 35.8 Å². The summed E-state index contributed by atoms with van der Waals surface area (Å²) in [7, 11) is 0. The minimum Gasteiger partial charge on any atom is -0.505 e. The van der Waals surface area contributed by atoms with E-state index in [1.54, 1.807) is 6.07 Å². The third kappa shape index (κ3) is 5.05. The van der Waals surface area contributed by atoms with Gasteiger partial charge in [-0.25, -0.2) is 19.0 Å². The van der Waals surface area contributed by atoms with Gasteiger partial charge in [0.2, 0.25) is 0 Å². The molecule has 1 atom stereocenters. The van der Waals surface area contributed by atoms with Crippen LogP contribution in [-0.4, -0.2) is 38.4 Å². The predicted octanol–water partition coefficient (Wildman–Crippen LogP) is 2.12. The molecule has 7 nitrogen and oxygen atoms in total. The molecule has 9 heteroatoms. The number of halogens is 2. The molecule has 2 aromatic rings. The summed E-state index contributed by atoms with van der Waals surface area (Å²) >= 11 is 0. The highest BCUT2D eigenvalue weighted by molar-refractivity contribution is 14.0. The van der Waals surface area contributed by atoms with Crippen LogP contribution in [0.2, 0.25) is 0 Å². The van der Waals surface area contributed by atoms with E-state index in [1.807, 2.05) is 18.5 Å². The molecular formula is C17H24FIN6O. The number of aryl methyl sites for hydroxylation is 2. The molecule has 0 saturated heterocycles. The van der Waals surface area contributed by atoms with Gasteiger partial charge in [0.15, 0.2) is 17.5 Å². The first kappa shape index (κ1) is 20.4. The van der Waals surface area contributed by atoms with Crippen LogP contribution in [0.3, 0.4) is 0 Å². The minimum absolute atomic E-state index is 0. The molecule has 2 heterocycles. The second kappa shape index (κ2) is 9.15. The van der Waals surface area contributed by atoms with Gasteiger partial charge in [-0.1, -0.05) is 6.07 Å². The Morgan fingerprint density at radius 1 is 1.46 bits per heavy atom. The molecule has 0 bridgehead atoms. The molecule has 1 aromatic carbocycles. The molecule has 1 aromatic heterocycles. The van der Waals surface area contributed by atoms with Crippen molar-refractivity contribution in [2.24, 2.45) is 4.99 Å². The van der Waals surface area contributed by atoms with Gasteiger partial charge in [-0.3, -0.25) is 0 Å². The fourth-order valence-corrected chi connectivity index (χ4v) is 2.88. The van der Waals surface area contributed by atoms with Crippen molar-refractivity contribution in [3.63, 3.8) is 0 Å². The number of aromatic hydroxyl groups is 1. The molecule has 1 aliphatic heterocycles. The van der Waals surface area contributed by atoms with Crippen LogP contribution in [0.1, 0.15) is 30.6 Å². The summed E-state index contributed by atoms with van der Waals surface area (Å²) in [6.07, 6.45) is 1.83. The van der Waals surface area contributed by atoms with Gasteiger partial charge in [-0.05, 0) is 38.0 Å². The predicted molar refractivity (Wildman–Crippen MR) is 108 cm³/mol. The van der Waals surface area contributed by atoms with Crippen LogP contribution in [0.4, 0.5) is 4.39 Å². The zero-order valence-electron chi connectivity index (χ0n) is 14.9. The molecule has 0 radical (unpaired) electrons. The smallest absolute Gasteiger partial charge is 0.191 e. The van der Waals surface area contributed by atoms with Crippen molar-refractivity contribution in [3.8, 4) is 5.75 Å². The molecule has 0 aliphatic carbocycles. The van der Waals surface area contributed by atoms with Gasteiger partial charge in [0.1, 0.15) is 11.6 Å². The maximum Gasteiger partial charge on any atom is 0.191 e. The molecule has 26 heavy (non-hydrogen) atoms. The summed E-state index contributed by atoms with van der Waals surface area (Å²) in [5.41, 5.74) is 0.699. The molecule has 3 N–H and O–H groups in total. The number of hydrogen-bond acceptors (Lipinski definition) is 4. The van der Waals surface area contributed by atoms with Crippen LogP contribution in [0, 0.1) is 12.7 Å². The van der Waals surface area contributed by atoms with E-state index in [9.17, 15) is 9.50 Å². The van der Waals surface area contributed by atoms with Gasteiger partial charge >= 0.3 is 0 Å². The molecule has 1 unspecified atom stereocenters. The van der Waals surface area contributed by atoms with E-state index >= 15 is 0 Å². The van der Waals surface area contributed by atoms with Crippen molar-refractivity contribution < 1.29 is 9.50 Å². The van der Waals surface area contributed by atoms with E-state index < -0.39 is 5.82 Å². The number of benzene rings is 1. The number of nitrogens with zero attached hydrogens (tertiary/aromatic N) is 4. The van der Waals surface area contributed by atoms with Gasteiger partial charge in [-0.15, -0.1) is 24.0 Å². The number of hydrogen-bond donors (Lipinski definition) is 3. The average molecular weight is 474 g/mol. The highest BCUT2D eigenvalue weighted by Crippen LogP contribution is 2.17. The number of aliphatic imine (C=N–C) groups is 1. The summed E-state index contributed by atoms with van der Waals surface area (Å²) in [4.78, 5) is 8.93. The molecule has 3 rings (SSSR count). The Bertz CT molecular complexity index is 779. The first-order valence-electron chi connectivity index (χ1n) is 8.47. The van der Waals surface area contributed by atoms with E-state index in [0.717, 1.165) is 37.6 Å². The lowest BCUT2D eigenvalue weighted by Gasteiger charge is -2.25. The molecule has 0 amide bonds. The van der Waals surface area contributed by atoms with Crippen molar-refractivity contribution in [2.75, 3.05) is 6.54 Å². The number of fused-ring (bicyclic) bond motifs is 1. The lowest BCUT2D eigenvalue weighted by atomic mass is 10.1. The molecule has 0 spiro atoms. The number of phenolic OH excluding ortho intramolecular Hbond substituents is 1. The maximum atomic E-state index is 13.4. The number of rotatable bonds is 4. The Balaban J connectivity index is 0.00000243. The third-order valence-corrected chi connectivity index (χ3v) is 4.08. The van der Waals surface area contributed by atoms with Gasteiger partial charge < -0.3 is 15.7 Å². The largest absolute Gasteiger partial charge is 0.505 e.